The minimum atomic E-state index is -0.303. The van der Waals surface area contributed by atoms with Gasteiger partial charge >= 0.3 is 6.09 Å². The molecule has 0 aliphatic carbocycles. The monoisotopic (exact) mass is 403 g/mol. The molecular weight excluding hydrogens is 378 g/mol. The van der Waals surface area contributed by atoms with Gasteiger partial charge in [-0.2, -0.15) is 0 Å². The third kappa shape index (κ3) is 5.18. The number of ether oxygens (including phenoxy) is 1. The average molecular weight is 403 g/mol. The normalized spacial score (nSPS) is 14.5. The molecule has 1 saturated heterocycles. The van der Waals surface area contributed by atoms with Crippen LogP contribution in [-0.4, -0.2) is 57.0 Å². The molecular formula is C23H25N5O2. The van der Waals surface area contributed by atoms with Gasteiger partial charge in [0.25, 0.3) is 0 Å². The van der Waals surface area contributed by atoms with E-state index in [1.807, 2.05) is 36.5 Å². The zero-order chi connectivity index (χ0) is 20.8. The van der Waals surface area contributed by atoms with Gasteiger partial charge in [0.2, 0.25) is 0 Å². The Kier molecular flexibility index (Phi) is 6.29. The molecule has 3 aromatic rings. The number of carbonyl (C=O) groups is 1. The molecule has 7 heteroatoms. The minimum absolute atomic E-state index is 0.303. The van der Waals surface area contributed by atoms with Crippen molar-refractivity contribution in [3.63, 3.8) is 0 Å². The zero-order valence-corrected chi connectivity index (χ0v) is 17.1. The molecule has 0 saturated carbocycles. The summed E-state index contributed by atoms with van der Waals surface area (Å²) < 4.78 is 5.57. The van der Waals surface area contributed by atoms with E-state index in [0.717, 1.165) is 43.0 Å². The fraction of sp³-hybridized carbons (Fsp3) is 0.304. The van der Waals surface area contributed by atoms with Crippen LogP contribution in [0, 0.1) is 6.92 Å². The highest BCUT2D eigenvalue weighted by atomic mass is 16.6. The van der Waals surface area contributed by atoms with Crippen LogP contribution in [-0.2, 0) is 13.0 Å². The number of hydrogen-bond acceptors (Lipinski definition) is 6. The zero-order valence-electron chi connectivity index (χ0n) is 17.1. The Bertz CT molecular complexity index is 970. The van der Waals surface area contributed by atoms with Crippen molar-refractivity contribution < 1.29 is 9.53 Å². The molecule has 0 N–H and O–H groups in total. The maximum absolute atomic E-state index is 12.5. The van der Waals surface area contributed by atoms with Gasteiger partial charge in [-0.05, 0) is 36.2 Å². The number of piperazine rings is 1. The molecule has 154 valence electrons. The van der Waals surface area contributed by atoms with Crippen LogP contribution in [0.4, 0.5) is 4.79 Å². The van der Waals surface area contributed by atoms with Crippen molar-refractivity contribution in [3.8, 4) is 5.75 Å². The summed E-state index contributed by atoms with van der Waals surface area (Å²) in [5.41, 5.74) is 4.30. The van der Waals surface area contributed by atoms with Crippen LogP contribution in [0.5, 0.6) is 5.75 Å². The number of aryl methyl sites for hydroxylation is 1. The number of rotatable bonds is 5. The van der Waals surface area contributed by atoms with E-state index >= 15 is 0 Å². The highest BCUT2D eigenvalue weighted by molar-refractivity contribution is 5.70. The molecule has 1 amide bonds. The summed E-state index contributed by atoms with van der Waals surface area (Å²) in [6.07, 6.45) is 7.41. The Balaban J connectivity index is 1.26. The molecule has 0 atom stereocenters. The first-order chi connectivity index (χ1) is 14.7. The summed E-state index contributed by atoms with van der Waals surface area (Å²) >= 11 is 0. The molecule has 1 fully saturated rings. The van der Waals surface area contributed by atoms with Crippen LogP contribution in [0.3, 0.4) is 0 Å². The molecule has 2 aromatic heterocycles. The van der Waals surface area contributed by atoms with E-state index in [2.05, 4.69) is 32.8 Å². The summed E-state index contributed by atoms with van der Waals surface area (Å²) in [5, 5.41) is 0. The summed E-state index contributed by atoms with van der Waals surface area (Å²) in [6, 6.07) is 11.7. The first-order valence-electron chi connectivity index (χ1n) is 10.1. The Morgan fingerprint density at radius 1 is 1.00 bits per heavy atom. The van der Waals surface area contributed by atoms with E-state index in [-0.39, 0.29) is 6.09 Å². The predicted octanol–water partition coefficient (Wildman–Crippen LogP) is 3.09. The van der Waals surface area contributed by atoms with Gasteiger partial charge in [0, 0.05) is 69.6 Å². The Labute approximate surface area is 176 Å². The second-order valence-electron chi connectivity index (χ2n) is 7.42. The molecule has 7 nitrogen and oxygen atoms in total. The van der Waals surface area contributed by atoms with Crippen molar-refractivity contribution in [3.05, 3.63) is 83.7 Å². The lowest BCUT2D eigenvalue weighted by molar-refractivity contribution is 0.107. The first-order valence-corrected chi connectivity index (χ1v) is 10.1. The van der Waals surface area contributed by atoms with E-state index in [0.29, 0.717) is 18.8 Å². The van der Waals surface area contributed by atoms with E-state index in [1.165, 1.54) is 5.56 Å². The lowest BCUT2D eigenvalue weighted by Gasteiger charge is -2.33. The van der Waals surface area contributed by atoms with Crippen LogP contribution in [0.1, 0.15) is 22.5 Å². The SMILES string of the molecule is Cc1cccnc1Cc1ccc(OC(=O)N2CCN(Cc3cnccn3)CC2)cc1. The average Bonchev–Trinajstić information content (AvgIpc) is 2.78. The van der Waals surface area contributed by atoms with Crippen LogP contribution >= 0.6 is 0 Å². The largest absolute Gasteiger partial charge is 0.415 e. The second-order valence-corrected chi connectivity index (χ2v) is 7.42. The topological polar surface area (TPSA) is 71.5 Å². The molecule has 0 unspecified atom stereocenters. The second kappa shape index (κ2) is 9.45. The van der Waals surface area contributed by atoms with Gasteiger partial charge in [-0.15, -0.1) is 0 Å². The van der Waals surface area contributed by atoms with Crippen LogP contribution < -0.4 is 4.74 Å². The molecule has 1 aromatic carbocycles. The number of pyridine rings is 1. The van der Waals surface area contributed by atoms with Gasteiger partial charge in [0.05, 0.1) is 5.69 Å². The van der Waals surface area contributed by atoms with Crippen molar-refractivity contribution in [2.75, 3.05) is 26.2 Å². The molecule has 0 bridgehead atoms. The van der Waals surface area contributed by atoms with Crippen molar-refractivity contribution in [1.29, 1.82) is 0 Å². The first kappa shape index (κ1) is 20.0. The van der Waals surface area contributed by atoms with E-state index in [1.54, 1.807) is 23.5 Å². The van der Waals surface area contributed by atoms with Crippen molar-refractivity contribution in [1.82, 2.24) is 24.8 Å². The van der Waals surface area contributed by atoms with Gasteiger partial charge in [-0.3, -0.25) is 19.9 Å². The number of aromatic nitrogens is 3. The maximum atomic E-state index is 12.5. The van der Waals surface area contributed by atoms with Gasteiger partial charge < -0.3 is 9.64 Å². The summed E-state index contributed by atoms with van der Waals surface area (Å²) in [4.78, 5) is 29.4. The number of amides is 1. The highest BCUT2D eigenvalue weighted by Crippen LogP contribution is 2.17. The molecule has 1 aliphatic rings. The number of benzene rings is 1. The van der Waals surface area contributed by atoms with Crippen LogP contribution in [0.25, 0.3) is 0 Å². The van der Waals surface area contributed by atoms with Crippen LogP contribution in [0.2, 0.25) is 0 Å². The molecule has 0 radical (unpaired) electrons. The van der Waals surface area contributed by atoms with Gasteiger partial charge in [0.15, 0.2) is 0 Å². The number of nitrogens with zero attached hydrogens (tertiary/aromatic N) is 5. The molecule has 3 heterocycles. The smallest absolute Gasteiger partial charge is 0.410 e. The van der Waals surface area contributed by atoms with Gasteiger partial charge in [0.1, 0.15) is 5.75 Å². The summed E-state index contributed by atoms with van der Waals surface area (Å²) in [6.45, 7) is 5.65. The van der Waals surface area contributed by atoms with Gasteiger partial charge in [-0.1, -0.05) is 18.2 Å². The third-order valence-electron chi connectivity index (χ3n) is 5.25. The van der Waals surface area contributed by atoms with Crippen molar-refractivity contribution in [2.45, 2.75) is 19.9 Å². The third-order valence-corrected chi connectivity index (χ3v) is 5.25. The maximum Gasteiger partial charge on any atom is 0.415 e. The fourth-order valence-electron chi connectivity index (χ4n) is 3.47. The Morgan fingerprint density at radius 3 is 2.50 bits per heavy atom. The quantitative estimate of drug-likeness (QED) is 0.652. The Hall–Kier alpha value is -3.32. The lowest BCUT2D eigenvalue weighted by atomic mass is 10.1. The standard InChI is InChI=1S/C23H25N5O2/c1-18-3-2-8-26-22(18)15-19-4-6-21(7-5-19)30-23(29)28-13-11-27(12-14-28)17-20-16-24-9-10-25-20/h2-10,16H,11-15,17H2,1H3. The summed E-state index contributed by atoms with van der Waals surface area (Å²) in [5.74, 6) is 0.559. The molecule has 30 heavy (non-hydrogen) atoms. The van der Waals surface area contributed by atoms with E-state index in [9.17, 15) is 4.79 Å². The molecule has 4 rings (SSSR count). The Morgan fingerprint density at radius 2 is 1.80 bits per heavy atom. The number of hydrogen-bond donors (Lipinski definition) is 0. The van der Waals surface area contributed by atoms with Crippen LogP contribution in [0.15, 0.2) is 61.2 Å². The van der Waals surface area contributed by atoms with Gasteiger partial charge in [-0.25, -0.2) is 4.79 Å². The number of carbonyl (C=O) groups excluding carboxylic acids is 1. The molecule has 1 aliphatic heterocycles. The predicted molar refractivity (Wildman–Crippen MR) is 113 cm³/mol. The minimum Gasteiger partial charge on any atom is -0.410 e. The van der Waals surface area contributed by atoms with E-state index in [4.69, 9.17) is 4.74 Å². The summed E-state index contributed by atoms with van der Waals surface area (Å²) in [7, 11) is 0. The van der Waals surface area contributed by atoms with Crippen molar-refractivity contribution in [2.24, 2.45) is 0 Å². The lowest BCUT2D eigenvalue weighted by Crippen LogP contribution is -2.49. The molecule has 0 spiro atoms. The van der Waals surface area contributed by atoms with Crippen molar-refractivity contribution >= 4 is 6.09 Å². The highest BCUT2D eigenvalue weighted by Gasteiger charge is 2.23. The van der Waals surface area contributed by atoms with E-state index < -0.39 is 0 Å². The fourth-order valence-corrected chi connectivity index (χ4v) is 3.47.